The first-order valence-corrected chi connectivity index (χ1v) is 7.30. The summed E-state index contributed by atoms with van der Waals surface area (Å²) >= 11 is 7.79. The molecule has 3 aromatic rings. The van der Waals surface area contributed by atoms with Gasteiger partial charge in [-0.05, 0) is 40.6 Å². The highest BCUT2D eigenvalue weighted by Gasteiger charge is 2.14. The predicted octanol–water partition coefficient (Wildman–Crippen LogP) is 4.23. The molecule has 2 heterocycles. The van der Waals surface area contributed by atoms with Crippen LogP contribution in [0.4, 0.5) is 0 Å². The van der Waals surface area contributed by atoms with Gasteiger partial charge in [0.1, 0.15) is 0 Å². The topological polar surface area (TPSA) is 33.1 Å². The number of pyridine rings is 1. The van der Waals surface area contributed by atoms with E-state index in [1.165, 1.54) is 0 Å². The number of hydrogen-bond donors (Lipinski definition) is 1. The Bertz CT molecular complexity index is 696. The van der Waals surface area contributed by atoms with Crippen molar-refractivity contribution < 1.29 is 5.11 Å². The fraction of sp³-hybridized carbons (Fsp3) is 0.133. The van der Waals surface area contributed by atoms with Crippen molar-refractivity contribution in [1.29, 1.82) is 0 Å². The molecule has 0 fully saturated rings. The van der Waals surface area contributed by atoms with E-state index in [4.69, 9.17) is 11.6 Å². The molecule has 0 radical (unpaired) electrons. The van der Waals surface area contributed by atoms with E-state index in [2.05, 4.69) is 10.4 Å². The molecule has 1 N–H and O–H groups in total. The largest absolute Gasteiger partial charge is 0.388 e. The molecule has 0 aliphatic rings. The van der Waals surface area contributed by atoms with Gasteiger partial charge in [-0.2, -0.15) is 11.3 Å². The molecule has 3 rings (SSSR count). The minimum Gasteiger partial charge on any atom is -0.388 e. The third kappa shape index (κ3) is 2.50. The van der Waals surface area contributed by atoms with Crippen molar-refractivity contribution in [2.45, 2.75) is 12.5 Å². The van der Waals surface area contributed by atoms with Gasteiger partial charge in [-0.15, -0.1) is 0 Å². The summed E-state index contributed by atoms with van der Waals surface area (Å²) in [6.45, 7) is 0. The second-order valence-electron chi connectivity index (χ2n) is 4.39. The van der Waals surface area contributed by atoms with Crippen molar-refractivity contribution in [2.24, 2.45) is 0 Å². The summed E-state index contributed by atoms with van der Waals surface area (Å²) < 4.78 is 0. The molecule has 0 bridgehead atoms. The summed E-state index contributed by atoms with van der Waals surface area (Å²) in [5.74, 6) is 0. The normalized spacial score (nSPS) is 12.7. The first-order chi connectivity index (χ1) is 9.25. The standard InChI is InChI=1S/C15H12ClNOS/c16-13-4-3-12(15-11(13)2-1-6-17-15)14(18)8-10-5-7-19-9-10/h1-7,9,14,18H,8H2. The molecular formula is C15H12ClNOS. The first-order valence-electron chi connectivity index (χ1n) is 5.98. The van der Waals surface area contributed by atoms with Crippen LogP contribution in [0.2, 0.25) is 5.02 Å². The van der Waals surface area contributed by atoms with Crippen molar-refractivity contribution in [3.05, 3.63) is 63.4 Å². The Hall–Kier alpha value is -1.42. The Labute approximate surface area is 120 Å². The second-order valence-corrected chi connectivity index (χ2v) is 5.57. The van der Waals surface area contributed by atoms with Crippen molar-refractivity contribution in [3.63, 3.8) is 0 Å². The van der Waals surface area contributed by atoms with E-state index in [1.54, 1.807) is 17.5 Å². The van der Waals surface area contributed by atoms with E-state index in [-0.39, 0.29) is 0 Å². The van der Waals surface area contributed by atoms with E-state index in [0.717, 1.165) is 22.0 Å². The number of aliphatic hydroxyl groups excluding tert-OH is 1. The zero-order valence-corrected chi connectivity index (χ0v) is 11.7. The number of hydrogen-bond acceptors (Lipinski definition) is 3. The molecule has 0 saturated carbocycles. The highest BCUT2D eigenvalue weighted by Crippen LogP contribution is 2.30. The van der Waals surface area contributed by atoms with Crippen LogP contribution in [-0.4, -0.2) is 10.1 Å². The molecule has 96 valence electrons. The van der Waals surface area contributed by atoms with Gasteiger partial charge in [-0.1, -0.05) is 17.7 Å². The van der Waals surface area contributed by atoms with E-state index >= 15 is 0 Å². The van der Waals surface area contributed by atoms with Crippen LogP contribution in [0.5, 0.6) is 0 Å². The Kier molecular flexibility index (Phi) is 3.51. The Morgan fingerprint density at radius 1 is 1.26 bits per heavy atom. The Morgan fingerprint density at radius 2 is 2.16 bits per heavy atom. The van der Waals surface area contributed by atoms with E-state index in [9.17, 15) is 5.11 Å². The molecule has 1 aromatic carbocycles. The van der Waals surface area contributed by atoms with E-state index in [1.807, 2.05) is 35.7 Å². The van der Waals surface area contributed by atoms with Crippen LogP contribution in [0.25, 0.3) is 10.9 Å². The number of thiophene rings is 1. The molecule has 0 amide bonds. The van der Waals surface area contributed by atoms with Gasteiger partial charge in [-0.3, -0.25) is 4.98 Å². The van der Waals surface area contributed by atoms with Gasteiger partial charge < -0.3 is 5.11 Å². The van der Waals surface area contributed by atoms with Crippen molar-refractivity contribution in [1.82, 2.24) is 4.98 Å². The third-order valence-electron chi connectivity index (χ3n) is 3.12. The van der Waals surface area contributed by atoms with Crippen molar-refractivity contribution in [3.8, 4) is 0 Å². The minimum atomic E-state index is -0.565. The number of halogens is 1. The number of aliphatic hydroxyl groups is 1. The Morgan fingerprint density at radius 3 is 2.95 bits per heavy atom. The summed E-state index contributed by atoms with van der Waals surface area (Å²) in [7, 11) is 0. The predicted molar refractivity (Wildman–Crippen MR) is 79.7 cm³/mol. The fourth-order valence-corrected chi connectivity index (χ4v) is 3.07. The summed E-state index contributed by atoms with van der Waals surface area (Å²) in [4.78, 5) is 4.35. The molecule has 0 aliphatic carbocycles. The molecule has 19 heavy (non-hydrogen) atoms. The van der Waals surface area contributed by atoms with Crippen LogP contribution in [0.1, 0.15) is 17.2 Å². The van der Waals surface area contributed by atoms with Crippen molar-refractivity contribution in [2.75, 3.05) is 0 Å². The number of rotatable bonds is 3. The lowest BCUT2D eigenvalue weighted by molar-refractivity contribution is 0.180. The smallest absolute Gasteiger partial charge is 0.0851 e. The van der Waals surface area contributed by atoms with E-state index in [0.29, 0.717) is 11.4 Å². The molecule has 0 aliphatic heterocycles. The molecule has 0 spiro atoms. The number of benzene rings is 1. The molecule has 2 nitrogen and oxygen atoms in total. The lowest BCUT2D eigenvalue weighted by Crippen LogP contribution is -2.02. The highest BCUT2D eigenvalue weighted by molar-refractivity contribution is 7.07. The van der Waals surface area contributed by atoms with Crippen LogP contribution in [-0.2, 0) is 6.42 Å². The van der Waals surface area contributed by atoms with Gasteiger partial charge in [-0.25, -0.2) is 0 Å². The maximum atomic E-state index is 10.4. The summed E-state index contributed by atoms with van der Waals surface area (Å²) in [5, 5.41) is 16.0. The van der Waals surface area contributed by atoms with Gasteiger partial charge >= 0.3 is 0 Å². The maximum absolute atomic E-state index is 10.4. The van der Waals surface area contributed by atoms with E-state index < -0.39 is 6.10 Å². The molecule has 2 aromatic heterocycles. The second kappa shape index (κ2) is 5.29. The minimum absolute atomic E-state index is 0.565. The van der Waals surface area contributed by atoms with Gasteiger partial charge in [0, 0.05) is 28.6 Å². The van der Waals surface area contributed by atoms with Crippen LogP contribution in [0.15, 0.2) is 47.3 Å². The average Bonchev–Trinajstić information content (AvgIpc) is 2.92. The fourth-order valence-electron chi connectivity index (χ4n) is 2.17. The molecule has 0 saturated heterocycles. The zero-order chi connectivity index (χ0) is 13.2. The number of fused-ring (bicyclic) bond motifs is 1. The lowest BCUT2D eigenvalue weighted by atomic mass is 10.0. The van der Waals surface area contributed by atoms with Gasteiger partial charge in [0.15, 0.2) is 0 Å². The van der Waals surface area contributed by atoms with Crippen molar-refractivity contribution >= 4 is 33.8 Å². The van der Waals surface area contributed by atoms with Gasteiger partial charge in [0.05, 0.1) is 11.6 Å². The van der Waals surface area contributed by atoms with Crippen LogP contribution >= 0.6 is 22.9 Å². The number of aromatic nitrogens is 1. The zero-order valence-electron chi connectivity index (χ0n) is 10.1. The quantitative estimate of drug-likeness (QED) is 0.783. The number of nitrogens with zero attached hydrogens (tertiary/aromatic N) is 1. The molecule has 4 heteroatoms. The maximum Gasteiger partial charge on any atom is 0.0851 e. The molecule has 1 atom stereocenters. The Balaban J connectivity index is 2.03. The summed E-state index contributed by atoms with van der Waals surface area (Å²) in [5.41, 5.74) is 2.74. The summed E-state index contributed by atoms with van der Waals surface area (Å²) in [6, 6.07) is 9.47. The average molecular weight is 290 g/mol. The third-order valence-corrected chi connectivity index (χ3v) is 4.18. The van der Waals surface area contributed by atoms with Crippen LogP contribution < -0.4 is 0 Å². The monoisotopic (exact) mass is 289 g/mol. The summed E-state index contributed by atoms with van der Waals surface area (Å²) in [6.07, 6.45) is 1.75. The van der Waals surface area contributed by atoms with Gasteiger partial charge in [0.2, 0.25) is 0 Å². The first kappa shape index (κ1) is 12.6. The SMILES string of the molecule is OC(Cc1ccsc1)c1ccc(Cl)c2cccnc12. The van der Waals surface area contributed by atoms with Gasteiger partial charge in [0.25, 0.3) is 0 Å². The molecule has 1 unspecified atom stereocenters. The van der Waals surface area contributed by atoms with Crippen LogP contribution in [0, 0.1) is 0 Å². The lowest BCUT2D eigenvalue weighted by Gasteiger charge is -2.13. The molecular weight excluding hydrogens is 278 g/mol. The van der Waals surface area contributed by atoms with Crippen LogP contribution in [0.3, 0.4) is 0 Å². The highest BCUT2D eigenvalue weighted by atomic mass is 35.5.